The molecule has 0 atom stereocenters. The van der Waals surface area contributed by atoms with Crippen LogP contribution >= 0.6 is 0 Å². The van der Waals surface area contributed by atoms with Crippen LogP contribution in [0.3, 0.4) is 0 Å². The van der Waals surface area contributed by atoms with Crippen molar-refractivity contribution in [3.63, 3.8) is 0 Å². The number of esters is 2. The highest BCUT2D eigenvalue weighted by Crippen LogP contribution is 2.35. The van der Waals surface area contributed by atoms with Crippen molar-refractivity contribution < 1.29 is 19.1 Å². The highest BCUT2D eigenvalue weighted by Gasteiger charge is 2.34. The van der Waals surface area contributed by atoms with Crippen molar-refractivity contribution in [2.24, 2.45) is 0 Å². The number of carbonyl (C=O) groups excluding carboxylic acids is 2. The first-order valence-electron chi connectivity index (χ1n) is 8.48. The SMILES string of the molecule is COc1ccc(C2=C(c3ccc(-c4ccccc4)cc3)C(=O)OC2=O)cc1. The zero-order chi connectivity index (χ0) is 18.8. The van der Waals surface area contributed by atoms with Crippen LogP contribution in [-0.2, 0) is 14.3 Å². The molecule has 0 spiro atoms. The lowest BCUT2D eigenvalue weighted by molar-refractivity contribution is -0.149. The van der Waals surface area contributed by atoms with Crippen LogP contribution in [0.25, 0.3) is 22.3 Å². The van der Waals surface area contributed by atoms with Crippen LogP contribution in [0.1, 0.15) is 11.1 Å². The van der Waals surface area contributed by atoms with Gasteiger partial charge < -0.3 is 9.47 Å². The van der Waals surface area contributed by atoms with Crippen molar-refractivity contribution in [3.8, 4) is 16.9 Å². The van der Waals surface area contributed by atoms with Gasteiger partial charge in [0, 0.05) is 0 Å². The Balaban J connectivity index is 1.77. The van der Waals surface area contributed by atoms with Gasteiger partial charge in [0.15, 0.2) is 0 Å². The van der Waals surface area contributed by atoms with E-state index in [1.807, 2.05) is 54.6 Å². The lowest BCUT2D eigenvalue weighted by Gasteiger charge is -2.06. The summed E-state index contributed by atoms with van der Waals surface area (Å²) in [6, 6.07) is 24.4. The molecule has 4 nitrogen and oxygen atoms in total. The molecule has 4 heteroatoms. The van der Waals surface area contributed by atoms with E-state index in [4.69, 9.17) is 9.47 Å². The molecule has 0 N–H and O–H groups in total. The summed E-state index contributed by atoms with van der Waals surface area (Å²) in [6.45, 7) is 0. The summed E-state index contributed by atoms with van der Waals surface area (Å²) >= 11 is 0. The first-order valence-corrected chi connectivity index (χ1v) is 8.48. The van der Waals surface area contributed by atoms with E-state index in [1.54, 1.807) is 31.4 Å². The van der Waals surface area contributed by atoms with Gasteiger partial charge in [0.05, 0.1) is 18.3 Å². The Morgan fingerprint density at radius 2 is 1.04 bits per heavy atom. The average Bonchev–Trinajstić information content (AvgIpc) is 3.02. The van der Waals surface area contributed by atoms with Crippen molar-refractivity contribution in [2.75, 3.05) is 7.11 Å². The van der Waals surface area contributed by atoms with Crippen LogP contribution in [0.4, 0.5) is 0 Å². The van der Waals surface area contributed by atoms with Gasteiger partial charge in [-0.25, -0.2) is 9.59 Å². The number of cyclic esters (lactones) is 2. The van der Waals surface area contributed by atoms with Gasteiger partial charge in [0.25, 0.3) is 0 Å². The lowest BCUT2D eigenvalue weighted by Crippen LogP contribution is -2.02. The molecule has 1 aliphatic rings. The van der Waals surface area contributed by atoms with Crippen molar-refractivity contribution in [1.82, 2.24) is 0 Å². The third kappa shape index (κ3) is 3.13. The van der Waals surface area contributed by atoms with Gasteiger partial charge in [-0.1, -0.05) is 66.7 Å². The zero-order valence-corrected chi connectivity index (χ0v) is 14.6. The summed E-state index contributed by atoms with van der Waals surface area (Å²) in [6.07, 6.45) is 0. The van der Waals surface area contributed by atoms with Gasteiger partial charge in [-0.05, 0) is 34.4 Å². The van der Waals surface area contributed by atoms with Gasteiger partial charge in [0.2, 0.25) is 0 Å². The normalized spacial score (nSPS) is 13.7. The van der Waals surface area contributed by atoms with Gasteiger partial charge in [-0.2, -0.15) is 0 Å². The molecule has 0 bridgehead atoms. The van der Waals surface area contributed by atoms with E-state index >= 15 is 0 Å². The third-order valence-corrected chi connectivity index (χ3v) is 4.50. The molecule has 3 aromatic carbocycles. The predicted octanol–water partition coefficient (Wildman–Crippen LogP) is 4.36. The molecule has 0 fully saturated rings. The van der Waals surface area contributed by atoms with E-state index in [9.17, 15) is 9.59 Å². The Bertz CT molecular complexity index is 1030. The Kier molecular flexibility index (Phi) is 4.30. The summed E-state index contributed by atoms with van der Waals surface area (Å²) in [5, 5.41) is 0. The van der Waals surface area contributed by atoms with Crippen molar-refractivity contribution in [3.05, 3.63) is 90.0 Å². The smallest absolute Gasteiger partial charge is 0.347 e. The van der Waals surface area contributed by atoms with Crippen LogP contribution in [0.5, 0.6) is 5.75 Å². The third-order valence-electron chi connectivity index (χ3n) is 4.50. The lowest BCUT2D eigenvalue weighted by atomic mass is 9.94. The Labute approximate surface area is 156 Å². The standard InChI is InChI=1S/C23H16O4/c1-26-19-13-11-18(12-14-19)21-20(22(24)27-23(21)25)17-9-7-16(8-10-17)15-5-3-2-4-6-15/h2-14H,1H3. The van der Waals surface area contributed by atoms with Gasteiger partial charge >= 0.3 is 11.9 Å². The number of hydrogen-bond acceptors (Lipinski definition) is 4. The molecule has 0 aliphatic carbocycles. The largest absolute Gasteiger partial charge is 0.497 e. The molecule has 0 amide bonds. The molecule has 0 radical (unpaired) electrons. The molecular formula is C23H16O4. The summed E-state index contributed by atoms with van der Waals surface area (Å²) < 4.78 is 10.0. The maximum absolute atomic E-state index is 12.3. The van der Waals surface area contributed by atoms with E-state index in [1.165, 1.54) is 0 Å². The number of carbonyl (C=O) groups is 2. The fourth-order valence-corrected chi connectivity index (χ4v) is 3.13. The zero-order valence-electron chi connectivity index (χ0n) is 14.6. The van der Waals surface area contributed by atoms with E-state index in [0.717, 1.165) is 11.1 Å². The second-order valence-corrected chi connectivity index (χ2v) is 6.10. The average molecular weight is 356 g/mol. The molecule has 0 saturated carbocycles. The molecule has 1 aliphatic heterocycles. The minimum atomic E-state index is -0.632. The van der Waals surface area contributed by atoms with Gasteiger partial charge in [0.1, 0.15) is 5.75 Å². The molecule has 4 rings (SSSR count). The number of hydrogen-bond donors (Lipinski definition) is 0. The Morgan fingerprint density at radius 1 is 0.593 bits per heavy atom. The molecule has 0 saturated heterocycles. The van der Waals surface area contributed by atoms with Crippen LogP contribution in [-0.4, -0.2) is 19.0 Å². The summed E-state index contributed by atoms with van der Waals surface area (Å²) in [4.78, 5) is 24.6. The molecule has 0 aromatic heterocycles. The van der Waals surface area contributed by atoms with Crippen molar-refractivity contribution in [2.45, 2.75) is 0 Å². The number of benzene rings is 3. The number of methoxy groups -OCH3 is 1. The van der Waals surface area contributed by atoms with E-state index < -0.39 is 11.9 Å². The second-order valence-electron chi connectivity index (χ2n) is 6.10. The fraction of sp³-hybridized carbons (Fsp3) is 0.0435. The van der Waals surface area contributed by atoms with Crippen LogP contribution < -0.4 is 4.74 Å². The summed E-state index contributed by atoms with van der Waals surface area (Å²) in [7, 11) is 1.57. The fourth-order valence-electron chi connectivity index (χ4n) is 3.13. The predicted molar refractivity (Wildman–Crippen MR) is 103 cm³/mol. The maximum atomic E-state index is 12.3. The minimum Gasteiger partial charge on any atom is -0.497 e. The molecule has 0 unspecified atom stereocenters. The number of rotatable bonds is 4. The second kappa shape index (κ2) is 6.92. The number of ether oxygens (including phenoxy) is 2. The van der Waals surface area contributed by atoms with E-state index in [2.05, 4.69) is 0 Å². The molecule has 132 valence electrons. The van der Waals surface area contributed by atoms with Crippen LogP contribution in [0.2, 0.25) is 0 Å². The summed E-state index contributed by atoms with van der Waals surface area (Å²) in [5.74, 6) is -0.587. The maximum Gasteiger partial charge on any atom is 0.347 e. The monoisotopic (exact) mass is 356 g/mol. The topological polar surface area (TPSA) is 52.6 Å². The van der Waals surface area contributed by atoms with Crippen molar-refractivity contribution >= 4 is 23.1 Å². The van der Waals surface area contributed by atoms with E-state index in [-0.39, 0.29) is 11.1 Å². The van der Waals surface area contributed by atoms with Crippen LogP contribution in [0, 0.1) is 0 Å². The quantitative estimate of drug-likeness (QED) is 0.515. The van der Waals surface area contributed by atoms with Gasteiger partial charge in [-0.3, -0.25) is 0 Å². The van der Waals surface area contributed by atoms with E-state index in [0.29, 0.717) is 16.9 Å². The molecule has 3 aromatic rings. The first kappa shape index (κ1) is 16.8. The van der Waals surface area contributed by atoms with Crippen molar-refractivity contribution in [1.29, 1.82) is 0 Å². The van der Waals surface area contributed by atoms with Crippen LogP contribution in [0.15, 0.2) is 78.9 Å². The Hall–Kier alpha value is -3.66. The highest BCUT2D eigenvalue weighted by molar-refractivity contribution is 6.44. The van der Waals surface area contributed by atoms with Gasteiger partial charge in [-0.15, -0.1) is 0 Å². The summed E-state index contributed by atoms with van der Waals surface area (Å²) in [5.41, 5.74) is 3.94. The Morgan fingerprint density at radius 3 is 1.56 bits per heavy atom. The minimum absolute atomic E-state index is 0.273. The molecule has 1 heterocycles. The molecule has 27 heavy (non-hydrogen) atoms. The first-order chi connectivity index (χ1) is 13.2. The molecular weight excluding hydrogens is 340 g/mol. The highest BCUT2D eigenvalue weighted by atomic mass is 16.6.